The largest absolute Gasteiger partial charge is 0.509 e. The van der Waals surface area contributed by atoms with Crippen LogP contribution in [0.5, 0.6) is 5.88 Å². The SMILES string of the molecule is Cn1nc(OCOC(=O)C(C)(C)C)c(=O)nc1SCC1=C(C(=O)O)N2C(=O)[C@@H](NC(=O)C(N=O)=C(O)CBr)[C@H]2SC1. The number of aryl methyl sites for hydroxylation is 1. The average molecular weight is 678 g/mol. The highest BCUT2D eigenvalue weighted by molar-refractivity contribution is 9.09. The molecule has 0 unspecified atom stereocenters. The number of β-lactam (4-membered cyclic amide) rings is 1. The number of carbonyl (C=O) groups is 4. The number of ether oxygens (including phenoxy) is 2. The van der Waals surface area contributed by atoms with Crippen molar-refractivity contribution in [2.75, 3.05) is 23.6 Å². The number of rotatable bonds is 11. The van der Waals surface area contributed by atoms with E-state index in [0.717, 1.165) is 16.7 Å². The zero-order chi connectivity index (χ0) is 30.6. The summed E-state index contributed by atoms with van der Waals surface area (Å²) in [5.74, 6) is -4.52. The number of aliphatic hydroxyl groups excluding tert-OH is 1. The molecule has 2 aliphatic rings. The smallest absolute Gasteiger partial charge is 0.352 e. The van der Waals surface area contributed by atoms with Gasteiger partial charge in [-0.3, -0.25) is 24.1 Å². The number of halogens is 1. The van der Waals surface area contributed by atoms with E-state index in [2.05, 4.69) is 36.5 Å². The van der Waals surface area contributed by atoms with Crippen LogP contribution in [-0.4, -0.2) is 88.7 Å². The second-order valence-electron chi connectivity index (χ2n) is 9.50. The summed E-state index contributed by atoms with van der Waals surface area (Å²) >= 11 is 5.08. The number of hydrogen-bond donors (Lipinski definition) is 3. The molecule has 2 aliphatic heterocycles. The molecule has 0 bridgehead atoms. The molecule has 2 amide bonds. The maximum atomic E-state index is 12.8. The molecule has 19 heteroatoms. The fraction of sp³-hybridized carbons (Fsp3) is 0.500. The van der Waals surface area contributed by atoms with Crippen molar-refractivity contribution < 1.29 is 38.9 Å². The lowest BCUT2D eigenvalue weighted by Gasteiger charge is -2.49. The van der Waals surface area contributed by atoms with E-state index in [1.807, 2.05) is 0 Å². The molecule has 0 aliphatic carbocycles. The molecule has 3 N–H and O–H groups in total. The van der Waals surface area contributed by atoms with Crippen LogP contribution in [-0.2, 0) is 31.0 Å². The number of nitrogens with zero attached hydrogens (tertiary/aromatic N) is 5. The number of carbonyl (C=O) groups excluding carboxylic acids is 3. The van der Waals surface area contributed by atoms with Gasteiger partial charge in [0.2, 0.25) is 12.5 Å². The van der Waals surface area contributed by atoms with E-state index < -0.39 is 70.3 Å². The Morgan fingerprint density at radius 3 is 2.54 bits per heavy atom. The number of aliphatic carboxylic acids is 1. The number of fused-ring (bicyclic) bond motifs is 1. The van der Waals surface area contributed by atoms with Crippen LogP contribution in [0.2, 0.25) is 0 Å². The van der Waals surface area contributed by atoms with E-state index in [-0.39, 0.29) is 27.7 Å². The normalized spacial score (nSPS) is 19.0. The van der Waals surface area contributed by atoms with E-state index >= 15 is 0 Å². The molecular formula is C22H25BrN6O10S2. The molecule has 0 radical (unpaired) electrons. The molecule has 1 aromatic rings. The first-order valence-corrected chi connectivity index (χ1v) is 14.8. The highest BCUT2D eigenvalue weighted by Gasteiger charge is 2.54. The lowest BCUT2D eigenvalue weighted by Crippen LogP contribution is -2.70. The number of aliphatic hydroxyl groups is 1. The summed E-state index contributed by atoms with van der Waals surface area (Å²) in [6, 6.07) is -1.14. The third kappa shape index (κ3) is 7.07. The number of alkyl halides is 1. The highest BCUT2D eigenvalue weighted by Crippen LogP contribution is 2.41. The number of carboxylic acid groups (broad SMARTS) is 1. The number of esters is 1. The molecule has 0 spiro atoms. The van der Waals surface area contributed by atoms with Gasteiger partial charge in [-0.15, -0.1) is 21.8 Å². The number of aromatic nitrogens is 3. The van der Waals surface area contributed by atoms with Crippen molar-refractivity contribution in [3.8, 4) is 5.88 Å². The summed E-state index contributed by atoms with van der Waals surface area (Å²) in [4.78, 5) is 77.3. The van der Waals surface area contributed by atoms with Crippen molar-refractivity contribution >= 4 is 63.2 Å². The van der Waals surface area contributed by atoms with Gasteiger partial charge < -0.3 is 25.0 Å². The number of carboxylic acids is 1. The van der Waals surface area contributed by atoms with Gasteiger partial charge in [0.25, 0.3) is 11.8 Å². The lowest BCUT2D eigenvalue weighted by molar-refractivity contribution is -0.160. The van der Waals surface area contributed by atoms with Gasteiger partial charge in [0.1, 0.15) is 22.9 Å². The van der Waals surface area contributed by atoms with Gasteiger partial charge in [-0.1, -0.05) is 27.7 Å². The summed E-state index contributed by atoms with van der Waals surface area (Å²) < 4.78 is 11.3. The summed E-state index contributed by atoms with van der Waals surface area (Å²) in [7, 11) is 1.48. The van der Waals surface area contributed by atoms with Crippen LogP contribution in [0.1, 0.15) is 20.8 Å². The molecule has 1 fully saturated rings. The minimum absolute atomic E-state index is 0.0363. The summed E-state index contributed by atoms with van der Waals surface area (Å²) in [5.41, 5.74) is -2.30. The fourth-order valence-electron chi connectivity index (χ4n) is 3.44. The molecule has 0 aromatic carbocycles. The molecule has 1 saturated heterocycles. The number of amides is 2. The minimum atomic E-state index is -1.37. The Morgan fingerprint density at radius 2 is 1.95 bits per heavy atom. The Bertz CT molecular complexity index is 1410. The predicted molar refractivity (Wildman–Crippen MR) is 148 cm³/mol. The summed E-state index contributed by atoms with van der Waals surface area (Å²) in [6.45, 7) is 4.43. The molecule has 1 aromatic heterocycles. The number of allylic oxidation sites excluding steroid dienone is 1. The molecule has 3 rings (SSSR count). The van der Waals surface area contributed by atoms with Crippen LogP contribution in [0.3, 0.4) is 0 Å². The molecule has 222 valence electrons. The van der Waals surface area contributed by atoms with Gasteiger partial charge in [-0.25, -0.2) is 9.48 Å². The first-order chi connectivity index (χ1) is 19.2. The van der Waals surface area contributed by atoms with Crippen LogP contribution in [0.25, 0.3) is 0 Å². The molecule has 0 saturated carbocycles. The van der Waals surface area contributed by atoms with Crippen molar-refractivity contribution in [3.63, 3.8) is 0 Å². The predicted octanol–water partition coefficient (Wildman–Crippen LogP) is 0.863. The second kappa shape index (κ2) is 13.0. The van der Waals surface area contributed by atoms with E-state index in [1.54, 1.807) is 20.8 Å². The topological polar surface area (TPSA) is 220 Å². The Balaban J connectivity index is 1.70. The van der Waals surface area contributed by atoms with Gasteiger partial charge in [-0.05, 0) is 31.5 Å². The molecular weight excluding hydrogens is 652 g/mol. The van der Waals surface area contributed by atoms with Gasteiger partial charge in [0, 0.05) is 18.6 Å². The number of nitroso groups, excluding NO2 is 1. The van der Waals surface area contributed by atoms with E-state index in [0.29, 0.717) is 5.57 Å². The highest BCUT2D eigenvalue weighted by atomic mass is 79.9. The Labute approximate surface area is 249 Å². The first kappa shape index (κ1) is 32.1. The van der Waals surface area contributed by atoms with Gasteiger partial charge >= 0.3 is 23.4 Å². The molecule has 41 heavy (non-hydrogen) atoms. The van der Waals surface area contributed by atoms with Crippen molar-refractivity contribution in [1.29, 1.82) is 0 Å². The van der Waals surface area contributed by atoms with Crippen LogP contribution >= 0.6 is 39.5 Å². The molecule has 2 atom stereocenters. The summed E-state index contributed by atoms with van der Waals surface area (Å²) in [6.07, 6.45) is 0. The Morgan fingerprint density at radius 1 is 1.27 bits per heavy atom. The lowest BCUT2D eigenvalue weighted by atomic mass is 9.98. The monoisotopic (exact) mass is 676 g/mol. The fourth-order valence-corrected chi connectivity index (χ4v) is 6.10. The van der Waals surface area contributed by atoms with E-state index in [9.17, 15) is 39.1 Å². The zero-order valence-electron chi connectivity index (χ0n) is 22.1. The third-order valence-electron chi connectivity index (χ3n) is 5.51. The van der Waals surface area contributed by atoms with Gasteiger partial charge in [0.05, 0.1) is 10.7 Å². The molecule has 3 heterocycles. The van der Waals surface area contributed by atoms with Crippen LogP contribution in [0, 0.1) is 10.3 Å². The van der Waals surface area contributed by atoms with Crippen LogP contribution in [0.4, 0.5) is 0 Å². The van der Waals surface area contributed by atoms with Crippen LogP contribution in [0.15, 0.2) is 37.9 Å². The summed E-state index contributed by atoms with van der Waals surface area (Å²) in [5, 5.41) is 27.5. The second-order valence-corrected chi connectivity index (χ2v) is 12.1. The minimum Gasteiger partial charge on any atom is -0.509 e. The Kier molecular flexibility index (Phi) is 10.2. The van der Waals surface area contributed by atoms with Gasteiger partial charge in [0.15, 0.2) is 5.16 Å². The quantitative estimate of drug-likeness (QED) is 0.0433. The van der Waals surface area contributed by atoms with Crippen molar-refractivity contribution in [1.82, 2.24) is 25.0 Å². The first-order valence-electron chi connectivity index (χ1n) is 11.6. The van der Waals surface area contributed by atoms with Crippen molar-refractivity contribution in [2.45, 2.75) is 37.3 Å². The van der Waals surface area contributed by atoms with Crippen LogP contribution < -0.4 is 15.6 Å². The van der Waals surface area contributed by atoms with Crippen molar-refractivity contribution in [3.05, 3.63) is 38.0 Å². The number of nitrogens with one attached hydrogen (secondary N) is 1. The van der Waals surface area contributed by atoms with E-state index in [1.165, 1.54) is 23.5 Å². The standard InChI is InChI=1S/C22H25BrN6O10S2/c1-22(2,3)20(36)39-8-38-16-15(32)25-21(28(4)26-16)41-7-9-6-40-18-12(17(33)29(18)13(9)19(34)35)24-14(31)11(27-37)10(30)5-23/h12,18,30H,5-8H2,1-4H3,(H,24,31)(H,34,35)/t12-,18-/m1/s1. The number of hydrogen-bond acceptors (Lipinski definition) is 14. The molecule has 16 nitrogen and oxygen atoms in total. The van der Waals surface area contributed by atoms with E-state index in [4.69, 9.17) is 9.47 Å². The Hall–Kier alpha value is -3.45. The number of thioether (sulfide) groups is 2. The maximum Gasteiger partial charge on any atom is 0.352 e. The van der Waals surface area contributed by atoms with Crippen molar-refractivity contribution in [2.24, 2.45) is 17.6 Å². The maximum absolute atomic E-state index is 12.8. The van der Waals surface area contributed by atoms with Gasteiger partial charge in [-0.2, -0.15) is 4.98 Å². The zero-order valence-corrected chi connectivity index (χ0v) is 25.3. The average Bonchev–Trinajstić information content (AvgIpc) is 2.91. The third-order valence-corrected chi connectivity index (χ3v) is 8.49.